The molecule has 30 heavy (non-hydrogen) atoms. The van der Waals surface area contributed by atoms with Gasteiger partial charge in [-0.1, -0.05) is 84.4 Å². The SMILES string of the molecule is O=C(/C=C/c1cccc(Cl)c1)N1CCN(C(c2ccccc2)c2ccccc2)CC1. The average Bonchev–Trinajstić information content (AvgIpc) is 2.80. The lowest BCUT2D eigenvalue weighted by atomic mass is 9.96. The third kappa shape index (κ3) is 4.99. The van der Waals surface area contributed by atoms with E-state index >= 15 is 0 Å². The van der Waals surface area contributed by atoms with Crippen molar-refractivity contribution in [2.75, 3.05) is 26.2 Å². The topological polar surface area (TPSA) is 23.6 Å². The summed E-state index contributed by atoms with van der Waals surface area (Å²) in [6, 6.07) is 28.9. The first-order chi connectivity index (χ1) is 14.7. The molecular weight excluding hydrogens is 392 g/mol. The normalized spacial score (nSPS) is 15.1. The third-order valence-corrected chi connectivity index (χ3v) is 5.72. The molecule has 0 spiro atoms. The second kappa shape index (κ2) is 9.75. The third-order valence-electron chi connectivity index (χ3n) is 5.49. The molecule has 0 aliphatic carbocycles. The number of carbonyl (C=O) groups excluding carboxylic acids is 1. The van der Waals surface area contributed by atoms with Crippen LogP contribution < -0.4 is 0 Å². The molecule has 1 fully saturated rings. The molecule has 1 heterocycles. The number of benzene rings is 3. The van der Waals surface area contributed by atoms with Crippen molar-refractivity contribution in [1.82, 2.24) is 9.80 Å². The van der Waals surface area contributed by atoms with Gasteiger partial charge in [0.15, 0.2) is 0 Å². The molecule has 1 aliphatic heterocycles. The van der Waals surface area contributed by atoms with Crippen molar-refractivity contribution < 1.29 is 4.79 Å². The van der Waals surface area contributed by atoms with Gasteiger partial charge >= 0.3 is 0 Å². The van der Waals surface area contributed by atoms with Gasteiger partial charge in [-0.3, -0.25) is 9.69 Å². The molecule has 3 aromatic rings. The van der Waals surface area contributed by atoms with E-state index in [0.29, 0.717) is 5.02 Å². The fourth-order valence-corrected chi connectivity index (χ4v) is 4.17. The number of hydrogen-bond acceptors (Lipinski definition) is 2. The van der Waals surface area contributed by atoms with Gasteiger partial charge in [0.2, 0.25) is 5.91 Å². The van der Waals surface area contributed by atoms with E-state index in [1.54, 1.807) is 6.08 Å². The van der Waals surface area contributed by atoms with Gasteiger partial charge in [0.1, 0.15) is 0 Å². The van der Waals surface area contributed by atoms with Crippen molar-refractivity contribution in [3.8, 4) is 0 Å². The molecule has 1 amide bonds. The molecule has 1 saturated heterocycles. The van der Waals surface area contributed by atoms with Gasteiger partial charge in [-0.25, -0.2) is 0 Å². The molecule has 0 atom stereocenters. The van der Waals surface area contributed by atoms with Crippen molar-refractivity contribution in [2.45, 2.75) is 6.04 Å². The molecule has 0 aromatic heterocycles. The molecule has 3 aromatic carbocycles. The fourth-order valence-electron chi connectivity index (χ4n) is 3.97. The van der Waals surface area contributed by atoms with E-state index in [-0.39, 0.29) is 11.9 Å². The Balaban J connectivity index is 1.44. The predicted molar refractivity (Wildman–Crippen MR) is 123 cm³/mol. The molecule has 0 bridgehead atoms. The van der Waals surface area contributed by atoms with Gasteiger partial charge in [-0.05, 0) is 34.9 Å². The van der Waals surface area contributed by atoms with Crippen LogP contribution in [0.3, 0.4) is 0 Å². The Morgan fingerprint density at radius 3 is 1.97 bits per heavy atom. The molecule has 1 aliphatic rings. The van der Waals surface area contributed by atoms with Crippen LogP contribution in [0, 0.1) is 0 Å². The Hall–Kier alpha value is -2.88. The Bertz CT molecular complexity index is 956. The molecule has 152 valence electrons. The number of rotatable bonds is 5. The van der Waals surface area contributed by atoms with Crippen molar-refractivity contribution in [3.63, 3.8) is 0 Å². The van der Waals surface area contributed by atoms with E-state index < -0.39 is 0 Å². The number of carbonyl (C=O) groups is 1. The highest BCUT2D eigenvalue weighted by Gasteiger charge is 2.27. The summed E-state index contributed by atoms with van der Waals surface area (Å²) in [4.78, 5) is 17.0. The van der Waals surface area contributed by atoms with Gasteiger partial charge < -0.3 is 4.90 Å². The molecule has 3 nitrogen and oxygen atoms in total. The summed E-state index contributed by atoms with van der Waals surface area (Å²) in [6.07, 6.45) is 3.48. The first kappa shape index (κ1) is 20.4. The minimum atomic E-state index is 0.0468. The van der Waals surface area contributed by atoms with E-state index in [1.165, 1.54) is 11.1 Å². The van der Waals surface area contributed by atoms with Gasteiger partial charge in [0, 0.05) is 37.3 Å². The zero-order chi connectivity index (χ0) is 20.8. The summed E-state index contributed by atoms with van der Waals surface area (Å²) in [7, 11) is 0. The van der Waals surface area contributed by atoms with Crippen LogP contribution in [0.15, 0.2) is 91.0 Å². The zero-order valence-electron chi connectivity index (χ0n) is 16.8. The molecule has 4 rings (SSSR count). The monoisotopic (exact) mass is 416 g/mol. The van der Waals surface area contributed by atoms with Crippen LogP contribution in [-0.2, 0) is 4.79 Å². The van der Waals surface area contributed by atoms with E-state index in [2.05, 4.69) is 65.6 Å². The number of piperazine rings is 1. The van der Waals surface area contributed by atoms with E-state index in [9.17, 15) is 4.79 Å². The molecule has 0 unspecified atom stereocenters. The molecule has 4 heteroatoms. The van der Waals surface area contributed by atoms with Gasteiger partial charge in [0.25, 0.3) is 0 Å². The van der Waals surface area contributed by atoms with E-state index in [0.717, 1.165) is 31.7 Å². The first-order valence-corrected chi connectivity index (χ1v) is 10.6. The summed E-state index contributed by atoms with van der Waals surface area (Å²) in [5, 5.41) is 0.672. The van der Waals surface area contributed by atoms with Crippen LogP contribution in [0.25, 0.3) is 6.08 Å². The highest BCUT2D eigenvalue weighted by Crippen LogP contribution is 2.29. The second-order valence-electron chi connectivity index (χ2n) is 7.47. The van der Waals surface area contributed by atoms with Crippen LogP contribution in [0.5, 0.6) is 0 Å². The second-order valence-corrected chi connectivity index (χ2v) is 7.91. The minimum absolute atomic E-state index is 0.0468. The maximum absolute atomic E-state index is 12.7. The molecular formula is C26H25ClN2O. The fraction of sp³-hybridized carbons (Fsp3) is 0.192. The van der Waals surface area contributed by atoms with Gasteiger partial charge in [0.05, 0.1) is 6.04 Å². The smallest absolute Gasteiger partial charge is 0.246 e. The summed E-state index contributed by atoms with van der Waals surface area (Å²) in [6.45, 7) is 3.11. The standard InChI is InChI=1S/C26H25ClN2O/c27-24-13-7-8-21(20-24)14-15-25(30)28-16-18-29(19-17-28)26(22-9-3-1-4-10-22)23-11-5-2-6-12-23/h1-15,20,26H,16-19H2/b15-14+. The lowest BCUT2D eigenvalue weighted by Gasteiger charge is -2.39. The summed E-state index contributed by atoms with van der Waals surface area (Å²) in [5.74, 6) is 0.0468. The van der Waals surface area contributed by atoms with Crippen molar-refractivity contribution in [2.24, 2.45) is 0 Å². The van der Waals surface area contributed by atoms with Gasteiger partial charge in [-0.2, -0.15) is 0 Å². The van der Waals surface area contributed by atoms with E-state index in [1.807, 2.05) is 35.2 Å². The van der Waals surface area contributed by atoms with Crippen molar-refractivity contribution >= 4 is 23.6 Å². The van der Waals surface area contributed by atoms with Crippen LogP contribution in [0.2, 0.25) is 5.02 Å². The lowest BCUT2D eigenvalue weighted by Crippen LogP contribution is -2.49. The van der Waals surface area contributed by atoms with E-state index in [4.69, 9.17) is 11.6 Å². The Kier molecular flexibility index (Phi) is 6.63. The van der Waals surface area contributed by atoms with Crippen molar-refractivity contribution in [1.29, 1.82) is 0 Å². The number of halogens is 1. The highest BCUT2D eigenvalue weighted by molar-refractivity contribution is 6.30. The summed E-state index contributed by atoms with van der Waals surface area (Å²) < 4.78 is 0. The van der Waals surface area contributed by atoms with Crippen LogP contribution in [-0.4, -0.2) is 41.9 Å². The highest BCUT2D eigenvalue weighted by atomic mass is 35.5. The quantitative estimate of drug-likeness (QED) is 0.528. The van der Waals surface area contributed by atoms with Crippen LogP contribution in [0.1, 0.15) is 22.7 Å². The maximum atomic E-state index is 12.7. The average molecular weight is 417 g/mol. The number of hydrogen-bond donors (Lipinski definition) is 0. The summed E-state index contributed by atoms with van der Waals surface area (Å²) in [5.41, 5.74) is 3.50. The predicted octanol–water partition coefficient (Wildman–Crippen LogP) is 5.29. The Labute approximate surface area is 183 Å². The lowest BCUT2D eigenvalue weighted by molar-refractivity contribution is -0.127. The number of amides is 1. The zero-order valence-corrected chi connectivity index (χ0v) is 17.6. The van der Waals surface area contributed by atoms with Gasteiger partial charge in [-0.15, -0.1) is 0 Å². The minimum Gasteiger partial charge on any atom is -0.337 e. The van der Waals surface area contributed by atoms with Crippen LogP contribution >= 0.6 is 11.6 Å². The number of nitrogens with zero attached hydrogens (tertiary/aromatic N) is 2. The molecule has 0 radical (unpaired) electrons. The van der Waals surface area contributed by atoms with Crippen LogP contribution in [0.4, 0.5) is 0 Å². The Morgan fingerprint density at radius 1 is 0.800 bits per heavy atom. The summed E-state index contributed by atoms with van der Waals surface area (Å²) >= 11 is 6.02. The largest absolute Gasteiger partial charge is 0.337 e. The maximum Gasteiger partial charge on any atom is 0.246 e. The van der Waals surface area contributed by atoms with Crippen molar-refractivity contribution in [3.05, 3.63) is 113 Å². The first-order valence-electron chi connectivity index (χ1n) is 10.3. The molecule has 0 saturated carbocycles. The Morgan fingerprint density at radius 2 is 1.40 bits per heavy atom. The molecule has 0 N–H and O–H groups in total.